The predicted octanol–water partition coefficient (Wildman–Crippen LogP) is 4.34. The van der Waals surface area contributed by atoms with Crippen LogP contribution in [0.2, 0.25) is 0 Å². The van der Waals surface area contributed by atoms with Gasteiger partial charge in [-0.15, -0.1) is 0 Å². The van der Waals surface area contributed by atoms with Crippen LogP contribution in [0.4, 0.5) is 11.6 Å². The lowest BCUT2D eigenvalue weighted by Crippen LogP contribution is -2.41. The molecule has 9 N–H and O–H groups in total. The van der Waals surface area contributed by atoms with Crippen LogP contribution in [0.25, 0.3) is 21.8 Å². The lowest BCUT2D eigenvalue weighted by molar-refractivity contribution is -0.129. The van der Waals surface area contributed by atoms with Gasteiger partial charge in [0, 0.05) is 29.7 Å². The number of anilines is 2. The number of aromatic amines is 2. The van der Waals surface area contributed by atoms with Gasteiger partial charge in [-0.3, -0.25) is 19.8 Å². The molecule has 10 heteroatoms. The fraction of sp³-hybridized carbons (Fsp3) is 0.312. The summed E-state index contributed by atoms with van der Waals surface area (Å²) in [5, 5.41) is 18.4. The van der Waals surface area contributed by atoms with Gasteiger partial charge >= 0.3 is 0 Å². The standard InChI is InChI=1S/C24H28N4O2.C8H10N4/c1-15(22(29)12-8-16-7-11-20-21(13-16)27-28-23(20)25)26-24(30)19-10-9-18(14-19)17-5-3-2-4-6-17;9-4-5-1-2-6-7(3-5)11-12-8(6)10/h2-7,11,13,15,18-19H,8-10,12,14H2,1H3,(H,26,30)(H3,25,27,28);1-3H,4,9H2,(H3,10,11,12)/t15-,18+,19+;/m0./s1. The average Bonchev–Trinajstić information content (AvgIpc) is 3.75. The van der Waals surface area contributed by atoms with Crippen molar-refractivity contribution < 1.29 is 9.59 Å². The second-order valence-corrected chi connectivity index (χ2v) is 11.0. The summed E-state index contributed by atoms with van der Waals surface area (Å²) in [7, 11) is 0. The maximum Gasteiger partial charge on any atom is 0.223 e. The van der Waals surface area contributed by atoms with Gasteiger partial charge in [-0.05, 0) is 79.5 Å². The zero-order valence-corrected chi connectivity index (χ0v) is 23.8. The van der Waals surface area contributed by atoms with Crippen LogP contribution in [0.1, 0.15) is 55.2 Å². The number of fused-ring (bicyclic) bond motifs is 2. The first-order chi connectivity index (χ1) is 20.3. The highest BCUT2D eigenvalue weighted by molar-refractivity contribution is 5.91. The van der Waals surface area contributed by atoms with Gasteiger partial charge in [-0.1, -0.05) is 42.5 Å². The number of carbonyl (C=O) groups excluding carboxylic acids is 2. The van der Waals surface area contributed by atoms with Crippen molar-refractivity contribution in [1.82, 2.24) is 25.7 Å². The molecule has 1 aliphatic rings. The van der Waals surface area contributed by atoms with Crippen LogP contribution >= 0.6 is 0 Å². The van der Waals surface area contributed by atoms with Gasteiger partial charge < -0.3 is 22.5 Å². The summed E-state index contributed by atoms with van der Waals surface area (Å²) in [6, 6.07) is 21.6. The number of aryl methyl sites for hydroxylation is 1. The Hall–Kier alpha value is -4.70. The van der Waals surface area contributed by atoms with E-state index in [1.165, 1.54) is 5.56 Å². The molecule has 0 aliphatic heterocycles. The Morgan fingerprint density at radius 1 is 0.905 bits per heavy atom. The Bertz CT molecular complexity index is 1680. The quantitative estimate of drug-likeness (QED) is 0.161. The molecule has 2 heterocycles. The highest BCUT2D eigenvalue weighted by Gasteiger charge is 2.31. The lowest BCUT2D eigenvalue weighted by atomic mass is 9.96. The topological polar surface area (TPSA) is 182 Å². The van der Waals surface area contributed by atoms with E-state index in [-0.39, 0.29) is 17.6 Å². The molecule has 1 fully saturated rings. The molecule has 1 aliphatic carbocycles. The van der Waals surface area contributed by atoms with Crippen LogP contribution in [0.15, 0.2) is 66.7 Å². The maximum absolute atomic E-state index is 12.7. The van der Waals surface area contributed by atoms with Crippen molar-refractivity contribution >= 4 is 45.1 Å². The minimum absolute atomic E-state index is 0.00337. The van der Waals surface area contributed by atoms with Crippen LogP contribution in [0.3, 0.4) is 0 Å². The number of hydrogen-bond acceptors (Lipinski definition) is 7. The number of nitrogens with one attached hydrogen (secondary N) is 3. The summed E-state index contributed by atoms with van der Waals surface area (Å²) in [6.07, 6.45) is 3.75. The molecule has 2 aromatic heterocycles. The molecular weight excluding hydrogens is 528 g/mol. The Kier molecular flexibility index (Phi) is 8.83. The predicted molar refractivity (Wildman–Crippen MR) is 166 cm³/mol. The van der Waals surface area contributed by atoms with Gasteiger partial charge in [-0.25, -0.2) is 0 Å². The summed E-state index contributed by atoms with van der Waals surface area (Å²) < 4.78 is 0. The van der Waals surface area contributed by atoms with E-state index in [9.17, 15) is 9.59 Å². The van der Waals surface area contributed by atoms with Crippen molar-refractivity contribution in [1.29, 1.82) is 0 Å². The van der Waals surface area contributed by atoms with Crippen LogP contribution in [0, 0.1) is 5.92 Å². The van der Waals surface area contributed by atoms with Crippen molar-refractivity contribution in [2.75, 3.05) is 11.5 Å². The monoisotopic (exact) mass is 566 g/mol. The third kappa shape index (κ3) is 6.60. The van der Waals surface area contributed by atoms with E-state index in [0.29, 0.717) is 36.9 Å². The molecule has 10 nitrogen and oxygen atoms in total. The van der Waals surface area contributed by atoms with Gasteiger partial charge in [0.1, 0.15) is 0 Å². The molecule has 0 radical (unpaired) electrons. The first kappa shape index (κ1) is 28.8. The Morgan fingerprint density at radius 3 is 2.17 bits per heavy atom. The van der Waals surface area contributed by atoms with Crippen molar-refractivity contribution in [3.63, 3.8) is 0 Å². The fourth-order valence-electron chi connectivity index (χ4n) is 5.60. The molecule has 0 unspecified atom stereocenters. The molecule has 42 heavy (non-hydrogen) atoms. The number of nitrogen functional groups attached to an aromatic ring is 2. The van der Waals surface area contributed by atoms with Gasteiger partial charge in [0.05, 0.1) is 17.1 Å². The van der Waals surface area contributed by atoms with Crippen molar-refractivity contribution in [2.24, 2.45) is 11.7 Å². The number of Topliss-reactive ketones (excluding diaryl/α,β-unsaturated/α-hetero) is 1. The highest BCUT2D eigenvalue weighted by atomic mass is 16.2. The Labute approximate surface area is 244 Å². The zero-order chi connectivity index (χ0) is 29.6. The van der Waals surface area contributed by atoms with E-state index in [0.717, 1.165) is 52.2 Å². The fourth-order valence-corrected chi connectivity index (χ4v) is 5.60. The largest absolute Gasteiger partial charge is 0.382 e. The normalized spacial score (nSPS) is 17.1. The minimum atomic E-state index is -0.472. The Balaban J connectivity index is 0.000000244. The number of rotatable bonds is 8. The molecule has 3 aromatic carbocycles. The number of H-pyrrole nitrogens is 2. The van der Waals surface area contributed by atoms with E-state index >= 15 is 0 Å². The Morgan fingerprint density at radius 2 is 1.52 bits per heavy atom. The molecule has 1 amide bonds. The van der Waals surface area contributed by atoms with E-state index in [2.05, 4.69) is 37.8 Å². The average molecular weight is 567 g/mol. The molecular formula is C32H38N8O2. The number of carbonyl (C=O) groups is 2. The van der Waals surface area contributed by atoms with Gasteiger partial charge in [0.25, 0.3) is 0 Å². The van der Waals surface area contributed by atoms with E-state index in [1.807, 2.05) is 54.6 Å². The first-order valence-corrected chi connectivity index (χ1v) is 14.4. The second-order valence-electron chi connectivity index (χ2n) is 11.0. The van der Waals surface area contributed by atoms with Crippen molar-refractivity contribution in [2.45, 2.75) is 57.5 Å². The van der Waals surface area contributed by atoms with E-state index in [4.69, 9.17) is 17.2 Å². The van der Waals surface area contributed by atoms with Crippen molar-refractivity contribution in [3.05, 3.63) is 83.4 Å². The summed E-state index contributed by atoms with van der Waals surface area (Å²) in [4.78, 5) is 25.2. The maximum atomic E-state index is 12.7. The van der Waals surface area contributed by atoms with Crippen LogP contribution < -0.4 is 22.5 Å². The summed E-state index contributed by atoms with van der Waals surface area (Å²) in [5.74, 6) is 1.48. The van der Waals surface area contributed by atoms with Crippen LogP contribution in [-0.2, 0) is 22.6 Å². The molecule has 6 rings (SSSR count). The molecule has 0 spiro atoms. The summed E-state index contributed by atoms with van der Waals surface area (Å²) >= 11 is 0. The highest BCUT2D eigenvalue weighted by Crippen LogP contribution is 2.38. The number of amides is 1. The number of nitrogens with two attached hydrogens (primary N) is 3. The number of benzene rings is 3. The third-order valence-corrected chi connectivity index (χ3v) is 8.13. The number of hydrogen-bond donors (Lipinski definition) is 6. The van der Waals surface area contributed by atoms with Gasteiger partial charge in [-0.2, -0.15) is 10.2 Å². The first-order valence-electron chi connectivity index (χ1n) is 14.4. The van der Waals surface area contributed by atoms with Gasteiger partial charge in [0.2, 0.25) is 5.91 Å². The summed E-state index contributed by atoms with van der Waals surface area (Å²) in [6.45, 7) is 2.32. The minimum Gasteiger partial charge on any atom is -0.382 e. The van der Waals surface area contributed by atoms with Crippen LogP contribution in [-0.4, -0.2) is 38.1 Å². The smallest absolute Gasteiger partial charge is 0.223 e. The number of nitrogens with zero attached hydrogens (tertiary/aromatic N) is 2. The SMILES string of the molecule is C[C@H](NC(=O)[C@@H]1CC[C@@H](c2ccccc2)C1)C(=O)CCc1ccc2c(N)n[nH]c2c1.NCc1ccc2c(N)n[nH]c2c1. The third-order valence-electron chi connectivity index (χ3n) is 8.13. The zero-order valence-electron chi connectivity index (χ0n) is 23.8. The van der Waals surface area contributed by atoms with E-state index in [1.54, 1.807) is 6.92 Å². The lowest BCUT2D eigenvalue weighted by Gasteiger charge is -2.17. The molecule has 3 atom stereocenters. The van der Waals surface area contributed by atoms with Crippen molar-refractivity contribution in [3.8, 4) is 0 Å². The summed E-state index contributed by atoms with van der Waals surface area (Å²) in [5.41, 5.74) is 22.1. The number of ketones is 1. The molecule has 0 bridgehead atoms. The molecule has 0 saturated heterocycles. The van der Waals surface area contributed by atoms with E-state index < -0.39 is 6.04 Å². The molecule has 1 saturated carbocycles. The second kappa shape index (κ2) is 12.9. The molecule has 218 valence electrons. The van der Waals surface area contributed by atoms with Gasteiger partial charge in [0.15, 0.2) is 17.4 Å². The number of aromatic nitrogens is 4. The van der Waals surface area contributed by atoms with Crippen LogP contribution in [0.5, 0.6) is 0 Å². The molecule has 5 aromatic rings.